The number of amides is 1. The molecule has 6 heteroatoms. The zero-order valence-electron chi connectivity index (χ0n) is 12.0. The molecule has 0 aliphatic heterocycles. The lowest BCUT2D eigenvalue weighted by molar-refractivity contribution is 0.0952. The Morgan fingerprint density at radius 2 is 2.14 bits per heavy atom. The molecule has 0 atom stereocenters. The third kappa shape index (κ3) is 4.14. The van der Waals surface area contributed by atoms with Gasteiger partial charge in [-0.1, -0.05) is 0 Å². The van der Waals surface area contributed by atoms with E-state index in [2.05, 4.69) is 26.3 Å². The molecule has 4 nitrogen and oxygen atoms in total. The van der Waals surface area contributed by atoms with Crippen molar-refractivity contribution in [1.82, 2.24) is 15.1 Å². The highest BCUT2D eigenvalue weighted by Crippen LogP contribution is 2.17. The van der Waals surface area contributed by atoms with Crippen LogP contribution >= 0.6 is 15.9 Å². The Morgan fingerprint density at radius 3 is 2.76 bits per heavy atom. The number of carbonyl (C=O) groups is 1. The molecule has 1 N–H and O–H groups in total. The second kappa shape index (κ2) is 6.85. The normalized spacial score (nSPS) is 10.7. The maximum Gasteiger partial charge on any atom is 0.252 e. The van der Waals surface area contributed by atoms with Gasteiger partial charge in [0.05, 0.1) is 11.3 Å². The number of rotatable bonds is 5. The third-order valence-electron chi connectivity index (χ3n) is 3.11. The minimum atomic E-state index is -0.372. The molecule has 0 saturated heterocycles. The lowest BCUT2D eigenvalue weighted by atomic mass is 10.2. The molecule has 1 aromatic carbocycles. The molecule has 0 aliphatic carbocycles. The van der Waals surface area contributed by atoms with Crippen LogP contribution in [0.3, 0.4) is 0 Å². The number of hydrogen-bond acceptors (Lipinski definition) is 2. The van der Waals surface area contributed by atoms with Gasteiger partial charge in [0.15, 0.2) is 0 Å². The zero-order valence-corrected chi connectivity index (χ0v) is 13.6. The van der Waals surface area contributed by atoms with Crippen molar-refractivity contribution in [3.8, 4) is 0 Å². The molecule has 0 aliphatic rings. The first-order chi connectivity index (χ1) is 9.97. The summed E-state index contributed by atoms with van der Waals surface area (Å²) in [6.07, 6.45) is 0.784. The van der Waals surface area contributed by atoms with Crippen LogP contribution in [0.5, 0.6) is 0 Å². The largest absolute Gasteiger partial charge is 0.352 e. The predicted octanol–water partition coefficient (Wildman–Crippen LogP) is 3.22. The summed E-state index contributed by atoms with van der Waals surface area (Å²) in [5.41, 5.74) is 2.54. The minimum absolute atomic E-state index is 0.213. The van der Waals surface area contributed by atoms with Crippen molar-refractivity contribution in [1.29, 1.82) is 0 Å². The molecule has 2 rings (SSSR count). The van der Waals surface area contributed by atoms with Crippen LogP contribution in [0.2, 0.25) is 0 Å². The fraction of sp³-hybridized carbons (Fsp3) is 0.333. The maximum absolute atomic E-state index is 13.0. The summed E-state index contributed by atoms with van der Waals surface area (Å²) in [6, 6.07) is 6.05. The van der Waals surface area contributed by atoms with Gasteiger partial charge in [0.25, 0.3) is 5.91 Å². The fourth-order valence-corrected chi connectivity index (χ4v) is 2.63. The van der Waals surface area contributed by atoms with E-state index < -0.39 is 0 Å². The van der Waals surface area contributed by atoms with Crippen LogP contribution < -0.4 is 5.32 Å². The number of halogens is 2. The Labute approximate surface area is 131 Å². The summed E-state index contributed by atoms with van der Waals surface area (Å²) in [5, 5.41) is 7.19. The van der Waals surface area contributed by atoms with Crippen molar-refractivity contribution in [2.45, 2.75) is 26.8 Å². The molecule has 0 spiro atoms. The topological polar surface area (TPSA) is 46.9 Å². The average molecular weight is 354 g/mol. The van der Waals surface area contributed by atoms with Crippen molar-refractivity contribution >= 4 is 21.8 Å². The van der Waals surface area contributed by atoms with Crippen LogP contribution in [-0.2, 0) is 6.54 Å². The van der Waals surface area contributed by atoms with Crippen molar-refractivity contribution in [2.24, 2.45) is 0 Å². The SMILES string of the molecule is Cc1cc(C)n(CCCNC(=O)c2ccc(F)cc2Br)n1. The molecule has 21 heavy (non-hydrogen) atoms. The van der Waals surface area contributed by atoms with Gasteiger partial charge in [0.1, 0.15) is 5.82 Å². The average Bonchev–Trinajstić information content (AvgIpc) is 2.73. The van der Waals surface area contributed by atoms with Gasteiger partial charge in [0, 0.05) is 23.3 Å². The monoisotopic (exact) mass is 353 g/mol. The molecule has 0 unspecified atom stereocenters. The molecule has 1 amide bonds. The van der Waals surface area contributed by atoms with Crippen molar-refractivity contribution in [3.05, 3.63) is 51.5 Å². The standard InChI is InChI=1S/C15H17BrFN3O/c1-10-8-11(2)20(19-10)7-3-6-18-15(21)13-5-4-12(17)9-14(13)16/h4-5,8-9H,3,6-7H2,1-2H3,(H,18,21). The van der Waals surface area contributed by atoms with E-state index in [1.54, 1.807) is 0 Å². The number of nitrogens with one attached hydrogen (secondary N) is 1. The molecule has 0 fully saturated rings. The van der Waals surface area contributed by atoms with Crippen LogP contribution in [-0.4, -0.2) is 22.2 Å². The molecule has 0 saturated carbocycles. The minimum Gasteiger partial charge on any atom is -0.352 e. The first-order valence-corrected chi connectivity index (χ1v) is 7.51. The summed E-state index contributed by atoms with van der Waals surface area (Å²) < 4.78 is 15.4. The molecule has 0 radical (unpaired) electrons. The number of benzene rings is 1. The first kappa shape index (κ1) is 15.7. The Hall–Kier alpha value is -1.69. The summed E-state index contributed by atoms with van der Waals surface area (Å²) in [6.45, 7) is 5.26. The smallest absolute Gasteiger partial charge is 0.252 e. The zero-order chi connectivity index (χ0) is 15.4. The lowest BCUT2D eigenvalue weighted by Gasteiger charge is -2.08. The summed E-state index contributed by atoms with van der Waals surface area (Å²) in [7, 11) is 0. The van der Waals surface area contributed by atoms with Crippen LogP contribution in [0, 0.1) is 19.7 Å². The Morgan fingerprint density at radius 1 is 1.38 bits per heavy atom. The first-order valence-electron chi connectivity index (χ1n) is 6.71. The number of aromatic nitrogens is 2. The van der Waals surface area contributed by atoms with Gasteiger partial charge in [-0.15, -0.1) is 0 Å². The Kier molecular flexibility index (Phi) is 5.12. The van der Waals surface area contributed by atoms with Gasteiger partial charge in [-0.25, -0.2) is 4.39 Å². The van der Waals surface area contributed by atoms with Crippen molar-refractivity contribution in [3.63, 3.8) is 0 Å². The molecule has 0 bridgehead atoms. The summed E-state index contributed by atoms with van der Waals surface area (Å²) >= 11 is 3.19. The van der Waals surface area contributed by atoms with E-state index in [-0.39, 0.29) is 11.7 Å². The lowest BCUT2D eigenvalue weighted by Crippen LogP contribution is -2.25. The quantitative estimate of drug-likeness (QED) is 0.838. The predicted molar refractivity (Wildman–Crippen MR) is 82.8 cm³/mol. The van der Waals surface area contributed by atoms with Crippen LogP contribution in [0.15, 0.2) is 28.7 Å². The van der Waals surface area contributed by atoms with Crippen molar-refractivity contribution in [2.75, 3.05) is 6.54 Å². The van der Waals surface area contributed by atoms with Gasteiger partial charge in [0.2, 0.25) is 0 Å². The van der Waals surface area contributed by atoms with Gasteiger partial charge in [-0.3, -0.25) is 9.48 Å². The summed E-state index contributed by atoms with van der Waals surface area (Å²) in [4.78, 5) is 12.0. The van der Waals surface area contributed by atoms with E-state index in [1.807, 2.05) is 24.6 Å². The maximum atomic E-state index is 13.0. The van der Waals surface area contributed by atoms with Gasteiger partial charge in [-0.2, -0.15) is 5.10 Å². The van der Waals surface area contributed by atoms with Crippen molar-refractivity contribution < 1.29 is 9.18 Å². The van der Waals surface area contributed by atoms with E-state index >= 15 is 0 Å². The molecule has 2 aromatic rings. The van der Waals surface area contributed by atoms with E-state index in [0.29, 0.717) is 16.6 Å². The van der Waals surface area contributed by atoms with Gasteiger partial charge in [-0.05, 0) is 60.5 Å². The van der Waals surface area contributed by atoms with Crippen LogP contribution in [0.1, 0.15) is 28.2 Å². The van der Waals surface area contributed by atoms with Gasteiger partial charge < -0.3 is 5.32 Å². The highest BCUT2D eigenvalue weighted by atomic mass is 79.9. The number of nitrogens with zero attached hydrogens (tertiary/aromatic N) is 2. The number of carbonyl (C=O) groups excluding carboxylic acids is 1. The van der Waals surface area contributed by atoms with E-state index in [4.69, 9.17) is 0 Å². The molecule has 1 aromatic heterocycles. The highest BCUT2D eigenvalue weighted by molar-refractivity contribution is 9.10. The second-order valence-corrected chi connectivity index (χ2v) is 5.74. The van der Waals surface area contributed by atoms with E-state index in [9.17, 15) is 9.18 Å². The third-order valence-corrected chi connectivity index (χ3v) is 3.77. The van der Waals surface area contributed by atoms with E-state index in [0.717, 1.165) is 24.4 Å². The number of aryl methyl sites for hydroxylation is 3. The Bertz CT molecular complexity index is 654. The van der Waals surface area contributed by atoms with Crippen LogP contribution in [0.25, 0.3) is 0 Å². The highest BCUT2D eigenvalue weighted by Gasteiger charge is 2.10. The van der Waals surface area contributed by atoms with Crippen LogP contribution in [0.4, 0.5) is 4.39 Å². The fourth-order valence-electron chi connectivity index (χ4n) is 2.10. The molecule has 1 heterocycles. The number of hydrogen-bond donors (Lipinski definition) is 1. The second-order valence-electron chi connectivity index (χ2n) is 4.88. The Balaban J connectivity index is 1.83. The van der Waals surface area contributed by atoms with Gasteiger partial charge >= 0.3 is 0 Å². The summed E-state index contributed by atoms with van der Waals surface area (Å²) in [5.74, 6) is -0.585. The molecular weight excluding hydrogens is 337 g/mol. The molecular formula is C15H17BrFN3O. The molecule has 112 valence electrons. The van der Waals surface area contributed by atoms with E-state index in [1.165, 1.54) is 18.2 Å².